The molecule has 0 heterocycles. The molecule has 22 heavy (non-hydrogen) atoms. The number of ether oxygens (including phenoxy) is 1. The molecule has 0 aromatic heterocycles. The zero-order valence-corrected chi connectivity index (χ0v) is 18.7. The van der Waals surface area contributed by atoms with Crippen LogP contribution in [-0.2, 0) is 14.3 Å². The maximum Gasteiger partial charge on any atom is 1.00 e. The number of rotatable bonds is 9. The van der Waals surface area contributed by atoms with Crippen LogP contribution in [0.15, 0.2) is 0 Å². The van der Waals surface area contributed by atoms with Crippen molar-refractivity contribution in [2.45, 2.75) is 85.2 Å². The molecule has 0 fully saturated rings. The molecule has 0 saturated heterocycles. The molecule has 6 heteroatoms. The minimum atomic E-state index is -1.14. The second-order valence-corrected chi connectivity index (χ2v) is 6.69. The Labute approximate surface area is 193 Å². The topological polar surface area (TPSA) is 63.6 Å². The molecule has 0 saturated carbocycles. The fraction of sp³-hybridized carbons (Fsp3) is 0.875. The summed E-state index contributed by atoms with van der Waals surface area (Å²) >= 11 is 0. The van der Waals surface area contributed by atoms with Gasteiger partial charge in [-0.1, -0.05) is 53.4 Å². The van der Waals surface area contributed by atoms with E-state index in [9.17, 15) is 9.59 Å². The number of esters is 1. The third-order valence-electron chi connectivity index (χ3n) is 3.98. The number of carboxylic acid groups (broad SMARTS) is 1. The van der Waals surface area contributed by atoms with Gasteiger partial charge in [0, 0.05) is 5.41 Å². The zero-order valence-electron chi connectivity index (χ0n) is 17.6. The number of aliphatic carboxylic acids is 1. The molecule has 4 nitrogen and oxygen atoms in total. The zero-order chi connectivity index (χ0) is 15.8. The van der Waals surface area contributed by atoms with Crippen molar-refractivity contribution >= 4 is 11.9 Å². The Morgan fingerprint density at radius 1 is 1.05 bits per heavy atom. The van der Waals surface area contributed by atoms with E-state index in [-0.39, 0.29) is 78.5 Å². The maximum atomic E-state index is 11.6. The van der Waals surface area contributed by atoms with Gasteiger partial charge in [-0.25, -0.2) is 0 Å². The van der Waals surface area contributed by atoms with Crippen molar-refractivity contribution < 1.29 is 92.5 Å². The first-order chi connectivity index (χ1) is 9.12. The van der Waals surface area contributed by atoms with Crippen molar-refractivity contribution in [2.24, 2.45) is 5.41 Å². The Kier molecular flexibility index (Phi) is 17.1. The smallest absolute Gasteiger partial charge is 1.00 e. The van der Waals surface area contributed by atoms with Crippen LogP contribution < -0.4 is 70.2 Å². The molecule has 1 N–H and O–H groups in total. The van der Waals surface area contributed by atoms with E-state index in [2.05, 4.69) is 6.92 Å². The van der Waals surface area contributed by atoms with Crippen molar-refractivity contribution in [3.8, 4) is 0 Å². The van der Waals surface area contributed by atoms with Crippen LogP contribution in [0.4, 0.5) is 0 Å². The first-order valence-corrected chi connectivity index (χ1v) is 7.56. The van der Waals surface area contributed by atoms with E-state index in [4.69, 9.17) is 9.84 Å². The monoisotopic (exact) mass is 334 g/mol. The van der Waals surface area contributed by atoms with Crippen molar-refractivity contribution in [3.63, 3.8) is 0 Å². The third kappa shape index (κ3) is 11.7. The molecular formula is C16H32KLiO4. The van der Waals surface area contributed by atoms with Gasteiger partial charge in [-0.15, -0.1) is 0 Å². The Morgan fingerprint density at radius 3 is 1.95 bits per heavy atom. The molecule has 0 amide bonds. The van der Waals surface area contributed by atoms with Crippen molar-refractivity contribution in [3.05, 3.63) is 0 Å². The summed E-state index contributed by atoms with van der Waals surface area (Å²) < 4.78 is 5.50. The number of carbonyl (C=O) groups is 2. The number of carboxylic acids is 1. The average Bonchev–Trinajstić information content (AvgIpc) is 2.25. The SMILES string of the molecule is CCCCCCCC(C)(OC(=O)CC(=O)O)C(C)(C)C.[H-].[H-].[K+].[Li+]. The van der Waals surface area contributed by atoms with Crippen molar-refractivity contribution in [1.29, 1.82) is 0 Å². The molecule has 0 radical (unpaired) electrons. The van der Waals surface area contributed by atoms with E-state index in [1.807, 2.05) is 27.7 Å². The average molecular weight is 334 g/mol. The summed E-state index contributed by atoms with van der Waals surface area (Å²) in [5.74, 6) is -1.79. The fourth-order valence-electron chi connectivity index (χ4n) is 2.06. The van der Waals surface area contributed by atoms with E-state index in [0.29, 0.717) is 0 Å². The molecule has 1 unspecified atom stereocenters. The predicted octanol–water partition coefficient (Wildman–Crippen LogP) is -1.60. The second kappa shape index (κ2) is 13.5. The molecule has 0 aliphatic rings. The molecule has 0 aliphatic heterocycles. The van der Waals surface area contributed by atoms with Gasteiger partial charge in [0.15, 0.2) is 0 Å². The van der Waals surface area contributed by atoms with E-state index in [1.54, 1.807) is 0 Å². The van der Waals surface area contributed by atoms with Crippen LogP contribution in [0.25, 0.3) is 0 Å². The number of carbonyl (C=O) groups excluding carboxylic acids is 1. The minimum absolute atomic E-state index is 0. The van der Waals surface area contributed by atoms with E-state index in [1.165, 1.54) is 19.3 Å². The van der Waals surface area contributed by atoms with Crippen molar-refractivity contribution in [1.82, 2.24) is 0 Å². The van der Waals surface area contributed by atoms with Gasteiger partial charge in [0.2, 0.25) is 0 Å². The van der Waals surface area contributed by atoms with E-state index in [0.717, 1.165) is 19.3 Å². The van der Waals surface area contributed by atoms with Gasteiger partial charge in [-0.05, 0) is 19.8 Å². The first kappa shape index (κ1) is 28.0. The Balaban J connectivity index is -0.000000301. The van der Waals surface area contributed by atoms with Crippen LogP contribution in [0, 0.1) is 5.41 Å². The van der Waals surface area contributed by atoms with Gasteiger partial charge in [-0.2, -0.15) is 0 Å². The van der Waals surface area contributed by atoms with Gasteiger partial charge in [0.1, 0.15) is 12.0 Å². The second-order valence-electron chi connectivity index (χ2n) is 6.69. The normalized spacial score (nSPS) is 13.3. The Hall–Kier alpha value is 1.17. The van der Waals surface area contributed by atoms with Crippen LogP contribution in [0.2, 0.25) is 0 Å². The maximum absolute atomic E-state index is 11.6. The van der Waals surface area contributed by atoms with E-state index >= 15 is 0 Å². The number of hydrogen-bond donors (Lipinski definition) is 1. The van der Waals surface area contributed by atoms with Gasteiger partial charge < -0.3 is 12.7 Å². The van der Waals surface area contributed by atoms with Crippen LogP contribution in [0.3, 0.4) is 0 Å². The molecular weight excluding hydrogens is 302 g/mol. The summed E-state index contributed by atoms with van der Waals surface area (Å²) in [4.78, 5) is 22.2. The summed E-state index contributed by atoms with van der Waals surface area (Å²) in [6, 6.07) is 0. The summed E-state index contributed by atoms with van der Waals surface area (Å²) in [6.45, 7) is 10.1. The molecule has 0 aliphatic carbocycles. The van der Waals surface area contributed by atoms with Crippen LogP contribution >= 0.6 is 0 Å². The van der Waals surface area contributed by atoms with Gasteiger partial charge >= 0.3 is 82.2 Å². The summed E-state index contributed by atoms with van der Waals surface area (Å²) in [5, 5.41) is 8.66. The van der Waals surface area contributed by atoms with Crippen molar-refractivity contribution in [2.75, 3.05) is 0 Å². The van der Waals surface area contributed by atoms with Crippen LogP contribution in [0.1, 0.15) is 82.4 Å². The number of unbranched alkanes of at least 4 members (excludes halogenated alkanes) is 4. The number of hydrogen-bond acceptors (Lipinski definition) is 3. The summed E-state index contributed by atoms with van der Waals surface area (Å²) in [7, 11) is 0. The molecule has 1 atom stereocenters. The molecule has 0 aromatic rings. The standard InChI is InChI=1S/C16H30O4.K.Li.2H/c1-6-7-8-9-10-11-16(5,15(2,3)4)20-14(19)12-13(17)18;;;;/h6-12H2,1-5H3,(H,17,18);;;;/q;2*+1;2*-1. The van der Waals surface area contributed by atoms with Gasteiger partial charge in [0.25, 0.3) is 0 Å². The third-order valence-corrected chi connectivity index (χ3v) is 3.98. The fourth-order valence-corrected chi connectivity index (χ4v) is 2.06. The van der Waals surface area contributed by atoms with E-state index < -0.39 is 24.0 Å². The molecule has 0 rings (SSSR count). The minimum Gasteiger partial charge on any atom is -1.00 e. The Bertz CT molecular complexity index is 339. The van der Waals surface area contributed by atoms with Gasteiger partial charge in [-0.3, -0.25) is 9.59 Å². The quantitative estimate of drug-likeness (QED) is 0.239. The molecule has 0 aromatic carbocycles. The largest absolute Gasteiger partial charge is 1.00 e. The van der Waals surface area contributed by atoms with Crippen LogP contribution in [-0.4, -0.2) is 22.6 Å². The molecule has 0 bridgehead atoms. The van der Waals surface area contributed by atoms with Crippen LogP contribution in [0.5, 0.6) is 0 Å². The molecule has 0 spiro atoms. The first-order valence-electron chi connectivity index (χ1n) is 7.56. The summed E-state index contributed by atoms with van der Waals surface area (Å²) in [6.07, 6.45) is 5.94. The molecule has 122 valence electrons. The van der Waals surface area contributed by atoms with Gasteiger partial charge in [0.05, 0.1) is 0 Å². The summed E-state index contributed by atoms with van der Waals surface area (Å²) in [5.41, 5.74) is -0.836. The Morgan fingerprint density at radius 2 is 1.55 bits per heavy atom. The predicted molar refractivity (Wildman–Crippen MR) is 81.8 cm³/mol.